The van der Waals surface area contributed by atoms with Crippen molar-refractivity contribution in [2.24, 2.45) is 5.41 Å². The SMILES string of the molecule is CC(C)(C)C(=O)Nc1cncc(-c2ccc3[nH]nc(-c4nc5c(-c6ccc(F)cc6)ccnc5[nH]4)c3n2)c1. The number of amides is 1. The highest BCUT2D eigenvalue weighted by atomic mass is 19.1. The number of halogens is 1. The van der Waals surface area contributed by atoms with E-state index < -0.39 is 5.41 Å². The summed E-state index contributed by atoms with van der Waals surface area (Å²) >= 11 is 0. The molecule has 0 atom stereocenters. The molecule has 9 nitrogen and oxygen atoms in total. The van der Waals surface area contributed by atoms with Crippen LogP contribution >= 0.6 is 0 Å². The first-order chi connectivity index (χ1) is 18.3. The predicted octanol–water partition coefficient (Wildman–Crippen LogP) is 5.75. The van der Waals surface area contributed by atoms with Gasteiger partial charge in [-0.05, 0) is 42.0 Å². The standard InChI is InChI=1S/C28H23FN8O/c1-28(2,3)27(38)32-18-12-16(13-30-14-18)20-8-9-21-23(33-20)24(37-36-21)26-34-22-19(10-11-31-25(22)35-26)15-4-6-17(29)7-5-15/h4-14H,1-3H3,(H,32,38)(H,36,37)(H,31,34,35). The molecule has 6 rings (SSSR count). The summed E-state index contributed by atoms with van der Waals surface area (Å²) in [6.07, 6.45) is 4.98. The predicted molar refractivity (Wildman–Crippen MR) is 143 cm³/mol. The van der Waals surface area contributed by atoms with E-state index in [9.17, 15) is 9.18 Å². The Hall–Kier alpha value is -4.99. The van der Waals surface area contributed by atoms with Crippen molar-refractivity contribution in [3.63, 3.8) is 0 Å². The normalized spacial score (nSPS) is 11.8. The maximum Gasteiger partial charge on any atom is 0.229 e. The molecular formula is C28H23FN8O. The highest BCUT2D eigenvalue weighted by Gasteiger charge is 2.22. The van der Waals surface area contributed by atoms with Crippen molar-refractivity contribution in [1.29, 1.82) is 0 Å². The molecule has 0 saturated carbocycles. The van der Waals surface area contributed by atoms with Crippen LogP contribution in [0.1, 0.15) is 20.8 Å². The number of benzene rings is 1. The molecule has 0 aliphatic heterocycles. The van der Waals surface area contributed by atoms with Gasteiger partial charge in [0, 0.05) is 28.9 Å². The van der Waals surface area contributed by atoms with E-state index in [1.165, 1.54) is 12.1 Å². The first kappa shape index (κ1) is 23.4. The Morgan fingerprint density at radius 3 is 2.55 bits per heavy atom. The maximum atomic E-state index is 13.5. The van der Waals surface area contributed by atoms with Crippen LogP contribution in [0.4, 0.5) is 10.1 Å². The van der Waals surface area contributed by atoms with Crippen molar-refractivity contribution >= 4 is 33.8 Å². The van der Waals surface area contributed by atoms with Gasteiger partial charge in [0.05, 0.1) is 23.1 Å². The summed E-state index contributed by atoms with van der Waals surface area (Å²) in [5.74, 6) is 0.0988. The molecule has 6 aromatic rings. The molecule has 1 amide bonds. The molecule has 0 saturated heterocycles. The summed E-state index contributed by atoms with van der Waals surface area (Å²) < 4.78 is 13.5. The summed E-state index contributed by atoms with van der Waals surface area (Å²) in [5, 5.41) is 10.4. The molecule has 5 heterocycles. The number of rotatable bonds is 4. The average molecular weight is 507 g/mol. The van der Waals surface area contributed by atoms with Crippen molar-refractivity contribution < 1.29 is 9.18 Å². The fourth-order valence-corrected chi connectivity index (χ4v) is 4.08. The van der Waals surface area contributed by atoms with Crippen LogP contribution in [0.2, 0.25) is 0 Å². The molecule has 3 N–H and O–H groups in total. The van der Waals surface area contributed by atoms with Gasteiger partial charge in [0.25, 0.3) is 0 Å². The van der Waals surface area contributed by atoms with Crippen LogP contribution in [-0.4, -0.2) is 41.0 Å². The highest BCUT2D eigenvalue weighted by Crippen LogP contribution is 2.31. The van der Waals surface area contributed by atoms with Gasteiger partial charge in [-0.25, -0.2) is 19.3 Å². The number of nitrogens with one attached hydrogen (secondary N) is 3. The van der Waals surface area contributed by atoms with E-state index >= 15 is 0 Å². The van der Waals surface area contributed by atoms with E-state index in [-0.39, 0.29) is 11.7 Å². The number of H-pyrrole nitrogens is 2. The fourth-order valence-electron chi connectivity index (χ4n) is 4.08. The minimum atomic E-state index is -0.531. The second-order valence-corrected chi connectivity index (χ2v) is 9.98. The van der Waals surface area contributed by atoms with E-state index in [0.29, 0.717) is 39.6 Å². The van der Waals surface area contributed by atoms with Crippen molar-refractivity contribution in [1.82, 2.24) is 35.1 Å². The van der Waals surface area contributed by atoms with Crippen LogP contribution in [0.15, 0.2) is 67.1 Å². The molecule has 5 aromatic heterocycles. The van der Waals surface area contributed by atoms with Crippen molar-refractivity contribution in [2.75, 3.05) is 5.32 Å². The van der Waals surface area contributed by atoms with Gasteiger partial charge < -0.3 is 10.3 Å². The minimum absolute atomic E-state index is 0.101. The van der Waals surface area contributed by atoms with Gasteiger partial charge >= 0.3 is 0 Å². The number of carbonyl (C=O) groups is 1. The van der Waals surface area contributed by atoms with Crippen LogP contribution < -0.4 is 5.32 Å². The quantitative estimate of drug-likeness (QED) is 0.280. The molecule has 0 aliphatic rings. The van der Waals surface area contributed by atoms with Gasteiger partial charge in [0.1, 0.15) is 16.9 Å². The number of carbonyl (C=O) groups excluding carboxylic acids is 1. The van der Waals surface area contributed by atoms with Gasteiger partial charge in [-0.3, -0.25) is 14.9 Å². The summed E-state index contributed by atoms with van der Waals surface area (Å²) in [4.78, 5) is 34.0. The number of hydrogen-bond donors (Lipinski definition) is 3. The molecule has 0 bridgehead atoms. The molecule has 1 aromatic carbocycles. The topological polar surface area (TPSA) is 125 Å². The number of anilines is 1. The molecular weight excluding hydrogens is 483 g/mol. The summed E-state index contributed by atoms with van der Waals surface area (Å²) in [6, 6.07) is 13.7. The summed E-state index contributed by atoms with van der Waals surface area (Å²) in [7, 11) is 0. The third kappa shape index (κ3) is 4.26. The highest BCUT2D eigenvalue weighted by molar-refractivity contribution is 5.96. The van der Waals surface area contributed by atoms with Gasteiger partial charge in [0.15, 0.2) is 17.2 Å². The van der Waals surface area contributed by atoms with E-state index in [1.54, 1.807) is 30.7 Å². The average Bonchev–Trinajstić information content (AvgIpc) is 3.52. The number of nitrogens with zero attached hydrogens (tertiary/aromatic N) is 5. The number of hydrogen-bond acceptors (Lipinski definition) is 6. The third-order valence-corrected chi connectivity index (χ3v) is 6.14. The Balaban J connectivity index is 1.39. The first-order valence-corrected chi connectivity index (χ1v) is 12.0. The zero-order valence-corrected chi connectivity index (χ0v) is 20.9. The van der Waals surface area contributed by atoms with E-state index in [4.69, 9.17) is 9.97 Å². The van der Waals surface area contributed by atoms with Crippen molar-refractivity contribution in [2.45, 2.75) is 20.8 Å². The van der Waals surface area contributed by atoms with Crippen LogP contribution in [0.3, 0.4) is 0 Å². The van der Waals surface area contributed by atoms with E-state index in [0.717, 1.165) is 22.2 Å². The second kappa shape index (κ2) is 8.84. The number of pyridine rings is 3. The lowest BCUT2D eigenvalue weighted by atomic mass is 9.95. The molecule has 188 valence electrons. The smallest absolute Gasteiger partial charge is 0.229 e. The van der Waals surface area contributed by atoms with Crippen LogP contribution in [-0.2, 0) is 4.79 Å². The summed E-state index contributed by atoms with van der Waals surface area (Å²) in [5.41, 5.74) is 6.25. The number of aromatic nitrogens is 7. The van der Waals surface area contributed by atoms with Crippen LogP contribution in [0.25, 0.3) is 56.1 Å². The number of fused-ring (bicyclic) bond motifs is 2. The third-order valence-electron chi connectivity index (χ3n) is 6.14. The van der Waals surface area contributed by atoms with Gasteiger partial charge in [-0.2, -0.15) is 5.10 Å². The maximum absolute atomic E-state index is 13.5. The van der Waals surface area contributed by atoms with Gasteiger partial charge in [-0.1, -0.05) is 32.9 Å². The Morgan fingerprint density at radius 2 is 1.76 bits per heavy atom. The Morgan fingerprint density at radius 1 is 0.947 bits per heavy atom. The fraction of sp³-hybridized carbons (Fsp3) is 0.143. The zero-order valence-electron chi connectivity index (χ0n) is 20.9. The lowest BCUT2D eigenvalue weighted by molar-refractivity contribution is -0.123. The molecule has 0 unspecified atom stereocenters. The zero-order chi connectivity index (χ0) is 26.4. The van der Waals surface area contributed by atoms with Crippen LogP contribution in [0, 0.1) is 11.2 Å². The molecule has 0 spiro atoms. The van der Waals surface area contributed by atoms with Crippen molar-refractivity contribution in [3.8, 4) is 33.9 Å². The largest absolute Gasteiger partial charge is 0.324 e. The Bertz CT molecular complexity index is 1820. The van der Waals surface area contributed by atoms with Crippen molar-refractivity contribution in [3.05, 3.63) is 72.9 Å². The summed E-state index contributed by atoms with van der Waals surface area (Å²) in [6.45, 7) is 5.56. The minimum Gasteiger partial charge on any atom is -0.324 e. The Kier molecular flexibility index (Phi) is 5.45. The van der Waals surface area contributed by atoms with E-state index in [1.807, 2.05) is 45.0 Å². The number of aromatic amines is 2. The molecule has 0 radical (unpaired) electrons. The molecule has 0 fully saturated rings. The monoisotopic (exact) mass is 506 g/mol. The molecule has 10 heteroatoms. The lowest BCUT2D eigenvalue weighted by Crippen LogP contribution is -2.27. The lowest BCUT2D eigenvalue weighted by Gasteiger charge is -2.17. The van der Waals surface area contributed by atoms with E-state index in [2.05, 4.69) is 30.5 Å². The second-order valence-electron chi connectivity index (χ2n) is 9.98. The Labute approximate surface area is 216 Å². The first-order valence-electron chi connectivity index (χ1n) is 12.0. The number of imidazole rings is 1. The van der Waals surface area contributed by atoms with Gasteiger partial charge in [-0.15, -0.1) is 0 Å². The van der Waals surface area contributed by atoms with Gasteiger partial charge in [0.2, 0.25) is 5.91 Å². The van der Waals surface area contributed by atoms with Crippen LogP contribution in [0.5, 0.6) is 0 Å². The molecule has 0 aliphatic carbocycles. The molecule has 38 heavy (non-hydrogen) atoms.